The lowest BCUT2D eigenvalue weighted by Crippen LogP contribution is -2.14. The number of benzene rings is 1. The molecule has 0 atom stereocenters. The Balaban J connectivity index is 1.65. The number of hydrogen-bond donors (Lipinski definition) is 2. The fraction of sp³-hybridized carbons (Fsp3) is 0.294. The smallest absolute Gasteiger partial charge is 0.228 e. The summed E-state index contributed by atoms with van der Waals surface area (Å²) in [6, 6.07) is 9.99. The predicted molar refractivity (Wildman–Crippen MR) is 84.8 cm³/mol. The fourth-order valence-corrected chi connectivity index (χ4v) is 2.10. The van der Waals surface area contributed by atoms with Gasteiger partial charge in [-0.25, -0.2) is 4.98 Å². The van der Waals surface area contributed by atoms with E-state index >= 15 is 0 Å². The maximum atomic E-state index is 11.7. The maximum Gasteiger partial charge on any atom is 0.228 e. The number of carbonyl (C=O) groups is 1. The third-order valence-electron chi connectivity index (χ3n) is 3.76. The lowest BCUT2D eigenvalue weighted by molar-refractivity contribution is -0.117. The highest BCUT2D eigenvalue weighted by molar-refractivity contribution is 5.93. The average Bonchev–Trinajstić information content (AvgIpc) is 3.30. The highest BCUT2D eigenvalue weighted by Crippen LogP contribution is 2.30. The Labute approximate surface area is 124 Å². The summed E-state index contributed by atoms with van der Waals surface area (Å²) in [5, 5.41) is 6.15. The number of nitrogens with one attached hydrogen (secondary N) is 2. The second-order valence-electron chi connectivity index (χ2n) is 5.62. The predicted octanol–water partition coefficient (Wildman–Crippen LogP) is 3.79. The molecule has 4 heteroatoms. The van der Waals surface area contributed by atoms with Gasteiger partial charge < -0.3 is 10.6 Å². The molecule has 0 saturated heterocycles. The summed E-state index contributed by atoms with van der Waals surface area (Å²) in [6.45, 7) is 4.19. The molecule has 0 aliphatic heterocycles. The molecule has 1 heterocycles. The van der Waals surface area contributed by atoms with Gasteiger partial charge in [-0.05, 0) is 62.1 Å². The number of rotatable bonds is 4. The van der Waals surface area contributed by atoms with E-state index in [-0.39, 0.29) is 11.8 Å². The Morgan fingerprint density at radius 1 is 1.10 bits per heavy atom. The fourth-order valence-electron chi connectivity index (χ4n) is 2.10. The minimum absolute atomic E-state index is 0.0809. The van der Waals surface area contributed by atoms with Crippen molar-refractivity contribution in [1.82, 2.24) is 4.98 Å². The lowest BCUT2D eigenvalue weighted by atomic mass is 10.1. The second-order valence-corrected chi connectivity index (χ2v) is 5.62. The molecular formula is C17H19N3O. The van der Waals surface area contributed by atoms with Crippen LogP contribution in [0.1, 0.15) is 24.0 Å². The van der Waals surface area contributed by atoms with Gasteiger partial charge in [-0.15, -0.1) is 0 Å². The molecule has 2 aromatic rings. The molecule has 108 valence electrons. The third kappa shape index (κ3) is 3.40. The van der Waals surface area contributed by atoms with Gasteiger partial charge in [0.1, 0.15) is 5.82 Å². The van der Waals surface area contributed by atoms with Gasteiger partial charge in [-0.1, -0.05) is 6.07 Å². The molecule has 0 bridgehead atoms. The van der Waals surface area contributed by atoms with Crippen LogP contribution in [0.2, 0.25) is 0 Å². The highest BCUT2D eigenvalue weighted by atomic mass is 16.2. The molecule has 3 rings (SSSR count). The van der Waals surface area contributed by atoms with Crippen LogP contribution in [-0.2, 0) is 4.79 Å². The average molecular weight is 281 g/mol. The number of amides is 1. The van der Waals surface area contributed by atoms with E-state index in [0.29, 0.717) is 5.82 Å². The number of aryl methyl sites for hydroxylation is 2. The monoisotopic (exact) mass is 281 g/mol. The summed E-state index contributed by atoms with van der Waals surface area (Å²) >= 11 is 0. The van der Waals surface area contributed by atoms with E-state index in [9.17, 15) is 4.79 Å². The Morgan fingerprint density at radius 3 is 2.48 bits per heavy atom. The number of nitrogens with zero attached hydrogens (tertiary/aromatic N) is 1. The highest BCUT2D eigenvalue weighted by Gasteiger charge is 2.29. The second kappa shape index (κ2) is 5.56. The van der Waals surface area contributed by atoms with Crippen LogP contribution >= 0.6 is 0 Å². The lowest BCUT2D eigenvalue weighted by Gasteiger charge is -2.09. The first-order chi connectivity index (χ1) is 10.1. The van der Waals surface area contributed by atoms with E-state index in [1.807, 2.05) is 18.2 Å². The van der Waals surface area contributed by atoms with Crippen LogP contribution in [0, 0.1) is 19.8 Å². The van der Waals surface area contributed by atoms with Gasteiger partial charge in [0.2, 0.25) is 5.91 Å². The molecule has 0 radical (unpaired) electrons. The van der Waals surface area contributed by atoms with Crippen molar-refractivity contribution in [2.45, 2.75) is 26.7 Å². The minimum Gasteiger partial charge on any atom is -0.354 e. The zero-order valence-corrected chi connectivity index (χ0v) is 12.3. The first kappa shape index (κ1) is 13.6. The van der Waals surface area contributed by atoms with Crippen LogP contribution in [0.3, 0.4) is 0 Å². The quantitative estimate of drug-likeness (QED) is 0.896. The summed E-state index contributed by atoms with van der Waals surface area (Å²) < 4.78 is 0. The van der Waals surface area contributed by atoms with E-state index in [4.69, 9.17) is 0 Å². The van der Waals surface area contributed by atoms with Crippen molar-refractivity contribution in [3.05, 3.63) is 47.7 Å². The van der Waals surface area contributed by atoms with Gasteiger partial charge in [0.25, 0.3) is 0 Å². The molecule has 1 aliphatic carbocycles. The number of hydrogen-bond acceptors (Lipinski definition) is 3. The van der Waals surface area contributed by atoms with Gasteiger partial charge in [-0.3, -0.25) is 4.79 Å². The zero-order valence-electron chi connectivity index (χ0n) is 12.3. The SMILES string of the molecule is Cc1ccc(Nc2ccc(NC(=O)C3CC3)nc2)cc1C. The van der Waals surface area contributed by atoms with Crippen LogP contribution in [0.4, 0.5) is 17.2 Å². The maximum absolute atomic E-state index is 11.7. The summed E-state index contributed by atoms with van der Waals surface area (Å²) in [6.07, 6.45) is 3.73. The van der Waals surface area contributed by atoms with E-state index in [2.05, 4.69) is 41.6 Å². The molecule has 1 amide bonds. The van der Waals surface area contributed by atoms with Crippen LogP contribution in [0.25, 0.3) is 0 Å². The molecule has 0 spiro atoms. The van der Waals surface area contributed by atoms with Crippen molar-refractivity contribution in [2.75, 3.05) is 10.6 Å². The molecule has 1 aromatic carbocycles. The molecule has 0 unspecified atom stereocenters. The van der Waals surface area contributed by atoms with Gasteiger partial charge in [0.05, 0.1) is 11.9 Å². The molecule has 1 fully saturated rings. The summed E-state index contributed by atoms with van der Waals surface area (Å²) in [5.74, 6) is 0.884. The molecule has 21 heavy (non-hydrogen) atoms. The number of pyridine rings is 1. The number of carbonyl (C=O) groups excluding carboxylic acids is 1. The van der Waals surface area contributed by atoms with Crippen molar-refractivity contribution in [1.29, 1.82) is 0 Å². The van der Waals surface area contributed by atoms with Crippen LogP contribution in [0.5, 0.6) is 0 Å². The Hall–Kier alpha value is -2.36. The van der Waals surface area contributed by atoms with Crippen molar-refractivity contribution < 1.29 is 4.79 Å². The van der Waals surface area contributed by atoms with Gasteiger partial charge >= 0.3 is 0 Å². The van der Waals surface area contributed by atoms with Gasteiger partial charge in [0, 0.05) is 11.6 Å². The van der Waals surface area contributed by atoms with Crippen LogP contribution in [0.15, 0.2) is 36.5 Å². The third-order valence-corrected chi connectivity index (χ3v) is 3.76. The van der Waals surface area contributed by atoms with E-state index < -0.39 is 0 Å². The number of anilines is 3. The Kier molecular flexibility index (Phi) is 3.60. The Morgan fingerprint density at radius 2 is 1.86 bits per heavy atom. The van der Waals surface area contributed by atoms with E-state index in [0.717, 1.165) is 24.2 Å². The standard InChI is InChI=1S/C17H19N3O/c1-11-3-6-14(9-12(11)2)19-15-7-8-16(18-10-15)20-17(21)13-4-5-13/h3,6-10,13,19H,4-5H2,1-2H3,(H,18,20,21). The van der Waals surface area contributed by atoms with Crippen LogP contribution in [-0.4, -0.2) is 10.9 Å². The summed E-state index contributed by atoms with van der Waals surface area (Å²) in [7, 11) is 0. The molecule has 2 N–H and O–H groups in total. The molecule has 1 aromatic heterocycles. The zero-order chi connectivity index (χ0) is 14.8. The van der Waals surface area contributed by atoms with Crippen molar-refractivity contribution in [3.8, 4) is 0 Å². The van der Waals surface area contributed by atoms with E-state index in [1.165, 1.54) is 11.1 Å². The summed E-state index contributed by atoms with van der Waals surface area (Å²) in [5.41, 5.74) is 4.47. The largest absolute Gasteiger partial charge is 0.354 e. The Bertz CT molecular complexity index is 660. The van der Waals surface area contributed by atoms with Crippen molar-refractivity contribution in [3.63, 3.8) is 0 Å². The molecular weight excluding hydrogens is 262 g/mol. The van der Waals surface area contributed by atoms with Crippen LogP contribution < -0.4 is 10.6 Å². The van der Waals surface area contributed by atoms with Crippen molar-refractivity contribution >= 4 is 23.1 Å². The van der Waals surface area contributed by atoms with Gasteiger partial charge in [0.15, 0.2) is 0 Å². The molecule has 1 aliphatic rings. The topological polar surface area (TPSA) is 54.0 Å². The first-order valence-electron chi connectivity index (χ1n) is 7.23. The first-order valence-corrected chi connectivity index (χ1v) is 7.23. The van der Waals surface area contributed by atoms with E-state index in [1.54, 1.807) is 6.20 Å². The number of aromatic nitrogens is 1. The minimum atomic E-state index is 0.0809. The molecule has 4 nitrogen and oxygen atoms in total. The van der Waals surface area contributed by atoms with Gasteiger partial charge in [-0.2, -0.15) is 0 Å². The molecule has 1 saturated carbocycles. The normalized spacial score (nSPS) is 13.8. The van der Waals surface area contributed by atoms with Crippen molar-refractivity contribution in [2.24, 2.45) is 5.92 Å². The summed E-state index contributed by atoms with van der Waals surface area (Å²) in [4.78, 5) is 15.9.